The number of aryl methyl sites for hydroxylation is 1. The lowest BCUT2D eigenvalue weighted by Gasteiger charge is -2.27. The summed E-state index contributed by atoms with van der Waals surface area (Å²) in [5.41, 5.74) is 6.00. The second kappa shape index (κ2) is 4.66. The first kappa shape index (κ1) is 13.0. The molecule has 0 radical (unpaired) electrons. The number of aromatic nitrogens is 1. The zero-order chi connectivity index (χ0) is 13.3. The maximum absolute atomic E-state index is 13.0. The minimum Gasteiger partial charge on any atom is -0.365 e. The van der Waals surface area contributed by atoms with Gasteiger partial charge in [-0.1, -0.05) is 5.16 Å². The fraction of sp³-hybridized carbons (Fsp3) is 0.667. The maximum Gasteiger partial charge on any atom is 0.254 e. The van der Waals surface area contributed by atoms with Gasteiger partial charge in [-0.2, -0.15) is 0 Å². The lowest BCUT2D eigenvalue weighted by molar-refractivity contribution is -0.0461. The van der Waals surface area contributed by atoms with E-state index in [0.29, 0.717) is 36.3 Å². The fourth-order valence-corrected chi connectivity index (χ4v) is 2.44. The van der Waals surface area contributed by atoms with Gasteiger partial charge in [0.2, 0.25) is 5.92 Å². The summed E-state index contributed by atoms with van der Waals surface area (Å²) in [5.74, 6) is -2.59. The van der Waals surface area contributed by atoms with Crippen molar-refractivity contribution >= 4 is 5.91 Å². The highest BCUT2D eigenvalue weighted by molar-refractivity contribution is 5.94. The van der Waals surface area contributed by atoms with Crippen molar-refractivity contribution in [1.82, 2.24) is 5.16 Å². The molecule has 18 heavy (non-hydrogen) atoms. The molecule has 1 fully saturated rings. The molecule has 100 valence electrons. The van der Waals surface area contributed by atoms with Gasteiger partial charge in [-0.15, -0.1) is 0 Å². The number of alkyl halides is 2. The zero-order valence-electron chi connectivity index (χ0n) is 10.2. The minimum atomic E-state index is -2.54. The van der Waals surface area contributed by atoms with E-state index in [1.165, 1.54) is 0 Å². The molecule has 1 saturated carbocycles. The van der Waals surface area contributed by atoms with Crippen LogP contribution in [0.25, 0.3) is 0 Å². The van der Waals surface area contributed by atoms with Gasteiger partial charge < -0.3 is 10.3 Å². The van der Waals surface area contributed by atoms with E-state index in [0.717, 1.165) is 0 Å². The summed E-state index contributed by atoms with van der Waals surface area (Å²) < 4.78 is 31.1. The Kier molecular flexibility index (Phi) is 3.36. The number of halogens is 2. The standard InChI is InChI=1S/C12H16F2N2O2/c1-7-10(11(15)17)9(18-16-7)6-8-2-4-12(13,14)5-3-8/h8H,2-6H2,1H3,(H2,15,17). The highest BCUT2D eigenvalue weighted by Gasteiger charge is 2.35. The summed E-state index contributed by atoms with van der Waals surface area (Å²) in [6.45, 7) is 1.64. The summed E-state index contributed by atoms with van der Waals surface area (Å²) in [6.07, 6.45) is 1.12. The molecule has 1 aliphatic carbocycles. The molecule has 1 heterocycles. The number of carbonyl (C=O) groups excluding carboxylic acids is 1. The molecule has 2 rings (SSSR count). The molecule has 0 bridgehead atoms. The molecule has 0 aliphatic heterocycles. The van der Waals surface area contributed by atoms with Crippen LogP contribution in [0.1, 0.15) is 47.5 Å². The van der Waals surface area contributed by atoms with Crippen LogP contribution < -0.4 is 5.73 Å². The van der Waals surface area contributed by atoms with Crippen LogP contribution in [0.3, 0.4) is 0 Å². The van der Waals surface area contributed by atoms with E-state index in [2.05, 4.69) is 5.16 Å². The van der Waals surface area contributed by atoms with Crippen molar-refractivity contribution in [3.63, 3.8) is 0 Å². The Hall–Kier alpha value is -1.46. The second-order valence-electron chi connectivity index (χ2n) is 4.93. The Labute approximate surface area is 104 Å². The molecule has 0 saturated heterocycles. The largest absolute Gasteiger partial charge is 0.365 e. The average molecular weight is 258 g/mol. The highest BCUT2D eigenvalue weighted by atomic mass is 19.3. The van der Waals surface area contributed by atoms with Crippen molar-refractivity contribution in [2.45, 2.75) is 45.0 Å². The molecule has 6 heteroatoms. The van der Waals surface area contributed by atoms with Gasteiger partial charge in [0.25, 0.3) is 5.91 Å². The summed E-state index contributed by atoms with van der Waals surface area (Å²) in [7, 11) is 0. The maximum atomic E-state index is 13.0. The van der Waals surface area contributed by atoms with Gasteiger partial charge in [0, 0.05) is 19.3 Å². The smallest absolute Gasteiger partial charge is 0.254 e. The highest BCUT2D eigenvalue weighted by Crippen LogP contribution is 2.37. The normalized spacial score (nSPS) is 19.9. The molecular weight excluding hydrogens is 242 g/mol. The van der Waals surface area contributed by atoms with Crippen LogP contribution in [-0.2, 0) is 6.42 Å². The van der Waals surface area contributed by atoms with Gasteiger partial charge in [0.1, 0.15) is 11.3 Å². The van der Waals surface area contributed by atoms with Crippen molar-refractivity contribution in [3.05, 3.63) is 17.0 Å². The molecular formula is C12H16F2N2O2. The van der Waals surface area contributed by atoms with E-state index >= 15 is 0 Å². The van der Waals surface area contributed by atoms with E-state index in [-0.39, 0.29) is 18.8 Å². The van der Waals surface area contributed by atoms with Gasteiger partial charge in [0.15, 0.2) is 0 Å². The van der Waals surface area contributed by atoms with E-state index < -0.39 is 11.8 Å². The molecule has 0 spiro atoms. The molecule has 0 atom stereocenters. The third-order valence-corrected chi connectivity index (χ3v) is 3.49. The van der Waals surface area contributed by atoms with Crippen molar-refractivity contribution in [2.75, 3.05) is 0 Å². The quantitative estimate of drug-likeness (QED) is 0.905. The van der Waals surface area contributed by atoms with Crippen LogP contribution in [-0.4, -0.2) is 17.0 Å². The predicted molar refractivity (Wildman–Crippen MR) is 60.4 cm³/mol. The van der Waals surface area contributed by atoms with Crippen molar-refractivity contribution in [2.24, 2.45) is 11.7 Å². The first-order chi connectivity index (χ1) is 8.39. The number of amides is 1. The molecule has 2 N–H and O–H groups in total. The van der Waals surface area contributed by atoms with E-state index in [9.17, 15) is 13.6 Å². The molecule has 1 amide bonds. The van der Waals surface area contributed by atoms with Crippen LogP contribution >= 0.6 is 0 Å². The minimum absolute atomic E-state index is 0.101. The van der Waals surface area contributed by atoms with Crippen LogP contribution in [0.4, 0.5) is 8.78 Å². The predicted octanol–water partition coefficient (Wildman–Crippen LogP) is 2.45. The number of nitrogens with two attached hydrogens (primary N) is 1. The Morgan fingerprint density at radius 3 is 2.67 bits per heavy atom. The molecule has 1 aromatic heterocycles. The topological polar surface area (TPSA) is 69.1 Å². The lowest BCUT2D eigenvalue weighted by Crippen LogP contribution is -2.26. The lowest BCUT2D eigenvalue weighted by atomic mass is 9.83. The number of carbonyl (C=O) groups is 1. The first-order valence-electron chi connectivity index (χ1n) is 6.02. The first-order valence-corrected chi connectivity index (χ1v) is 6.02. The van der Waals surface area contributed by atoms with E-state index in [1.54, 1.807) is 6.92 Å². The number of nitrogens with zero attached hydrogens (tertiary/aromatic N) is 1. The van der Waals surface area contributed by atoms with Crippen molar-refractivity contribution in [1.29, 1.82) is 0 Å². The van der Waals surface area contributed by atoms with Crippen LogP contribution in [0.15, 0.2) is 4.52 Å². The van der Waals surface area contributed by atoms with Gasteiger partial charge in [0.05, 0.1) is 5.69 Å². The molecule has 0 unspecified atom stereocenters. The summed E-state index contributed by atoms with van der Waals surface area (Å²) in [4.78, 5) is 11.3. The average Bonchev–Trinajstić information content (AvgIpc) is 2.63. The summed E-state index contributed by atoms with van der Waals surface area (Å²) in [6, 6.07) is 0. The monoisotopic (exact) mass is 258 g/mol. The summed E-state index contributed by atoms with van der Waals surface area (Å²) >= 11 is 0. The van der Waals surface area contributed by atoms with Gasteiger partial charge in [-0.05, 0) is 25.7 Å². The third-order valence-electron chi connectivity index (χ3n) is 3.49. The van der Waals surface area contributed by atoms with Crippen molar-refractivity contribution < 1.29 is 18.1 Å². The molecule has 1 aliphatic rings. The third kappa shape index (κ3) is 2.68. The molecule has 0 aromatic carbocycles. The van der Waals surface area contributed by atoms with Crippen LogP contribution in [0.2, 0.25) is 0 Å². The van der Waals surface area contributed by atoms with Crippen molar-refractivity contribution in [3.8, 4) is 0 Å². The molecule has 4 nitrogen and oxygen atoms in total. The number of hydrogen-bond donors (Lipinski definition) is 1. The number of rotatable bonds is 3. The Morgan fingerprint density at radius 1 is 1.50 bits per heavy atom. The zero-order valence-corrected chi connectivity index (χ0v) is 10.2. The Balaban J connectivity index is 2.05. The van der Waals surface area contributed by atoms with Crippen LogP contribution in [0, 0.1) is 12.8 Å². The fourth-order valence-electron chi connectivity index (χ4n) is 2.44. The number of primary amides is 1. The van der Waals surface area contributed by atoms with E-state index in [4.69, 9.17) is 10.3 Å². The van der Waals surface area contributed by atoms with Gasteiger partial charge in [-0.3, -0.25) is 4.79 Å². The van der Waals surface area contributed by atoms with Gasteiger partial charge in [-0.25, -0.2) is 8.78 Å². The second-order valence-corrected chi connectivity index (χ2v) is 4.93. The van der Waals surface area contributed by atoms with Gasteiger partial charge >= 0.3 is 0 Å². The Morgan fingerprint density at radius 2 is 2.11 bits per heavy atom. The SMILES string of the molecule is Cc1noc(CC2CCC(F)(F)CC2)c1C(N)=O. The van der Waals surface area contributed by atoms with Crippen LogP contribution in [0.5, 0.6) is 0 Å². The summed E-state index contributed by atoms with van der Waals surface area (Å²) in [5, 5.41) is 3.71. The molecule has 1 aromatic rings. The number of hydrogen-bond acceptors (Lipinski definition) is 3. The van der Waals surface area contributed by atoms with E-state index in [1.807, 2.05) is 0 Å². The Bertz CT molecular complexity index is 447.